The normalized spacial score (nSPS) is 18.5. The SMILES string of the molecule is O=C(CSc1nc2ccccc2c(=O)n1CC[NH+]1CCOCC1)NC1CCCCC1. The van der Waals surface area contributed by atoms with Crippen LogP contribution in [0.4, 0.5) is 0 Å². The molecule has 0 spiro atoms. The molecule has 2 N–H and O–H groups in total. The molecule has 1 saturated carbocycles. The van der Waals surface area contributed by atoms with Crippen molar-refractivity contribution in [1.29, 1.82) is 0 Å². The first kappa shape index (κ1) is 21.3. The molecule has 1 aliphatic carbocycles. The number of carbonyl (C=O) groups is 1. The molecule has 1 saturated heterocycles. The number of nitrogens with one attached hydrogen (secondary N) is 2. The molecular weight excluding hydrogens is 400 g/mol. The summed E-state index contributed by atoms with van der Waals surface area (Å²) in [5, 5.41) is 4.41. The average Bonchev–Trinajstić information content (AvgIpc) is 2.78. The van der Waals surface area contributed by atoms with Crippen LogP contribution in [0.3, 0.4) is 0 Å². The molecule has 2 aliphatic rings. The smallest absolute Gasteiger partial charge is 0.262 e. The largest absolute Gasteiger partial charge is 0.370 e. The lowest BCUT2D eigenvalue weighted by Gasteiger charge is -2.24. The van der Waals surface area contributed by atoms with Crippen LogP contribution in [0.1, 0.15) is 32.1 Å². The van der Waals surface area contributed by atoms with Crippen molar-refractivity contribution in [2.45, 2.75) is 49.8 Å². The molecule has 0 atom stereocenters. The molecule has 2 heterocycles. The molecule has 1 aromatic carbocycles. The summed E-state index contributed by atoms with van der Waals surface area (Å²) >= 11 is 1.37. The number of thioether (sulfide) groups is 1. The number of para-hydroxylation sites is 1. The molecule has 0 radical (unpaired) electrons. The number of morpholine rings is 1. The van der Waals surface area contributed by atoms with Gasteiger partial charge in [0.15, 0.2) is 5.16 Å². The maximum absolute atomic E-state index is 13.2. The molecule has 8 heteroatoms. The van der Waals surface area contributed by atoms with Crippen molar-refractivity contribution in [3.05, 3.63) is 34.6 Å². The van der Waals surface area contributed by atoms with E-state index in [1.807, 2.05) is 24.3 Å². The van der Waals surface area contributed by atoms with Crippen molar-refractivity contribution in [2.24, 2.45) is 0 Å². The molecule has 4 rings (SSSR count). The number of carbonyl (C=O) groups excluding carboxylic acids is 1. The van der Waals surface area contributed by atoms with E-state index in [4.69, 9.17) is 9.72 Å². The maximum atomic E-state index is 13.2. The van der Waals surface area contributed by atoms with E-state index < -0.39 is 0 Å². The Balaban J connectivity index is 1.48. The number of rotatable bonds is 7. The van der Waals surface area contributed by atoms with Crippen LogP contribution >= 0.6 is 11.8 Å². The highest BCUT2D eigenvalue weighted by atomic mass is 32.2. The quantitative estimate of drug-likeness (QED) is 0.502. The fourth-order valence-electron chi connectivity index (χ4n) is 4.28. The van der Waals surface area contributed by atoms with Crippen LogP contribution in [0.2, 0.25) is 0 Å². The Morgan fingerprint density at radius 2 is 1.97 bits per heavy atom. The van der Waals surface area contributed by atoms with E-state index in [-0.39, 0.29) is 17.2 Å². The van der Waals surface area contributed by atoms with Crippen LogP contribution in [0.15, 0.2) is 34.2 Å². The van der Waals surface area contributed by atoms with E-state index in [0.717, 1.165) is 45.7 Å². The molecule has 1 aliphatic heterocycles. The topological polar surface area (TPSA) is 77.7 Å². The van der Waals surface area contributed by atoms with Crippen molar-refractivity contribution >= 4 is 28.6 Å². The summed E-state index contributed by atoms with van der Waals surface area (Å²) in [4.78, 5) is 31.8. The Kier molecular flexibility index (Phi) is 7.41. The summed E-state index contributed by atoms with van der Waals surface area (Å²) < 4.78 is 7.19. The number of hydrogen-bond donors (Lipinski definition) is 2. The zero-order chi connectivity index (χ0) is 20.8. The fourth-order valence-corrected chi connectivity index (χ4v) is 5.12. The van der Waals surface area contributed by atoms with Gasteiger partial charge in [0.25, 0.3) is 5.56 Å². The first-order valence-corrected chi connectivity index (χ1v) is 12.0. The van der Waals surface area contributed by atoms with Crippen LogP contribution in [0.25, 0.3) is 10.9 Å². The molecule has 2 fully saturated rings. The van der Waals surface area contributed by atoms with E-state index in [9.17, 15) is 9.59 Å². The third-order valence-corrected chi connectivity index (χ3v) is 6.99. The number of aromatic nitrogens is 2. The molecule has 162 valence electrons. The highest BCUT2D eigenvalue weighted by Gasteiger charge is 2.19. The van der Waals surface area contributed by atoms with Gasteiger partial charge in [0.2, 0.25) is 5.91 Å². The number of amides is 1. The number of ether oxygens (including phenoxy) is 1. The second-order valence-corrected chi connectivity index (χ2v) is 9.11. The summed E-state index contributed by atoms with van der Waals surface area (Å²) in [7, 11) is 0. The van der Waals surface area contributed by atoms with Crippen LogP contribution in [-0.4, -0.2) is 60.1 Å². The van der Waals surface area contributed by atoms with E-state index in [0.29, 0.717) is 28.6 Å². The minimum absolute atomic E-state index is 0.0246. The Morgan fingerprint density at radius 3 is 2.77 bits per heavy atom. The number of benzene rings is 1. The van der Waals surface area contributed by atoms with Crippen LogP contribution in [0.5, 0.6) is 0 Å². The Morgan fingerprint density at radius 1 is 1.20 bits per heavy atom. The van der Waals surface area contributed by atoms with E-state index in [1.165, 1.54) is 35.9 Å². The highest BCUT2D eigenvalue weighted by molar-refractivity contribution is 7.99. The summed E-state index contributed by atoms with van der Waals surface area (Å²) in [6.45, 7) is 4.90. The zero-order valence-electron chi connectivity index (χ0n) is 17.4. The fraction of sp³-hybridized carbons (Fsp3) is 0.591. The first-order chi connectivity index (χ1) is 14.7. The zero-order valence-corrected chi connectivity index (χ0v) is 18.2. The van der Waals surface area contributed by atoms with Gasteiger partial charge in [0, 0.05) is 6.04 Å². The van der Waals surface area contributed by atoms with Gasteiger partial charge in [-0.1, -0.05) is 43.2 Å². The number of quaternary nitrogens is 1. The van der Waals surface area contributed by atoms with Crippen LogP contribution in [0, 0.1) is 0 Å². The Bertz CT molecular complexity index is 920. The second-order valence-electron chi connectivity index (χ2n) is 8.17. The predicted octanol–water partition coefficient (Wildman–Crippen LogP) is 0.853. The Labute approximate surface area is 181 Å². The summed E-state index contributed by atoms with van der Waals surface area (Å²) in [6, 6.07) is 7.74. The second kappa shape index (κ2) is 10.4. The molecule has 0 bridgehead atoms. The summed E-state index contributed by atoms with van der Waals surface area (Å²) in [6.07, 6.45) is 5.77. The van der Waals surface area contributed by atoms with Gasteiger partial charge >= 0.3 is 0 Å². The average molecular weight is 432 g/mol. The van der Waals surface area contributed by atoms with Crippen molar-refractivity contribution in [3.8, 4) is 0 Å². The van der Waals surface area contributed by atoms with Crippen LogP contribution in [-0.2, 0) is 16.1 Å². The molecule has 7 nitrogen and oxygen atoms in total. The van der Waals surface area contributed by atoms with Gasteiger partial charge in [-0.05, 0) is 25.0 Å². The monoisotopic (exact) mass is 431 g/mol. The highest BCUT2D eigenvalue weighted by Crippen LogP contribution is 2.20. The lowest BCUT2D eigenvalue weighted by atomic mass is 9.95. The standard InChI is InChI=1S/C22H30N4O3S/c27-20(23-17-6-2-1-3-7-17)16-30-22-24-19-9-5-4-8-18(19)21(28)26(22)11-10-25-12-14-29-15-13-25/h4-5,8-9,17H,1-3,6-7,10-16H2,(H,23,27)/p+1. The lowest BCUT2D eigenvalue weighted by Crippen LogP contribution is -3.14. The van der Waals surface area contributed by atoms with E-state index in [1.54, 1.807) is 4.57 Å². The number of fused-ring (bicyclic) bond motifs is 1. The van der Waals surface area contributed by atoms with Crippen LogP contribution < -0.4 is 15.8 Å². The molecule has 0 unspecified atom stereocenters. The molecular formula is C22H31N4O3S+. The maximum Gasteiger partial charge on any atom is 0.262 e. The van der Waals surface area contributed by atoms with Gasteiger partial charge in [-0.3, -0.25) is 14.2 Å². The van der Waals surface area contributed by atoms with E-state index >= 15 is 0 Å². The minimum Gasteiger partial charge on any atom is -0.370 e. The van der Waals surface area contributed by atoms with E-state index in [2.05, 4.69) is 5.32 Å². The van der Waals surface area contributed by atoms with Crippen molar-refractivity contribution in [2.75, 3.05) is 38.6 Å². The van der Waals surface area contributed by atoms with Crippen molar-refractivity contribution in [3.63, 3.8) is 0 Å². The minimum atomic E-state index is -0.0246. The van der Waals surface area contributed by atoms with Gasteiger partial charge in [0.1, 0.15) is 13.1 Å². The van der Waals surface area contributed by atoms with Gasteiger partial charge in [0.05, 0.1) is 43.0 Å². The third-order valence-electron chi connectivity index (χ3n) is 6.02. The number of nitrogens with zero attached hydrogens (tertiary/aromatic N) is 2. The molecule has 1 aromatic heterocycles. The van der Waals surface area contributed by atoms with Gasteiger partial charge < -0.3 is 15.0 Å². The lowest BCUT2D eigenvalue weighted by molar-refractivity contribution is -0.908. The molecule has 30 heavy (non-hydrogen) atoms. The predicted molar refractivity (Wildman–Crippen MR) is 118 cm³/mol. The third kappa shape index (κ3) is 5.42. The number of hydrogen-bond acceptors (Lipinski definition) is 5. The van der Waals surface area contributed by atoms with Gasteiger partial charge in [-0.2, -0.15) is 0 Å². The van der Waals surface area contributed by atoms with Gasteiger partial charge in [-0.15, -0.1) is 0 Å². The summed E-state index contributed by atoms with van der Waals surface area (Å²) in [5.74, 6) is 0.311. The molecule has 1 amide bonds. The Hall–Kier alpha value is -1.90. The van der Waals surface area contributed by atoms with Crippen molar-refractivity contribution in [1.82, 2.24) is 14.9 Å². The summed E-state index contributed by atoms with van der Waals surface area (Å²) in [5.41, 5.74) is 0.663. The van der Waals surface area contributed by atoms with Gasteiger partial charge in [-0.25, -0.2) is 4.98 Å². The van der Waals surface area contributed by atoms with Crippen molar-refractivity contribution < 1.29 is 14.4 Å². The first-order valence-electron chi connectivity index (χ1n) is 11.0. The molecule has 2 aromatic rings.